The molecular weight excluding hydrogens is 264 g/mol. The number of hydrogen-bond acceptors (Lipinski definition) is 4. The highest BCUT2D eigenvalue weighted by Gasteiger charge is 2.12. The van der Waals surface area contributed by atoms with Crippen LogP contribution in [0.15, 0.2) is 59.3 Å². The van der Waals surface area contributed by atoms with Crippen LogP contribution in [0.25, 0.3) is 22.5 Å². The van der Waals surface area contributed by atoms with Crippen LogP contribution in [0.4, 0.5) is 0 Å². The van der Waals surface area contributed by atoms with E-state index >= 15 is 0 Å². The van der Waals surface area contributed by atoms with Gasteiger partial charge >= 0.3 is 0 Å². The molecule has 0 radical (unpaired) electrons. The first-order valence-corrected chi connectivity index (χ1v) is 6.68. The van der Waals surface area contributed by atoms with Crippen molar-refractivity contribution < 1.29 is 4.42 Å². The third kappa shape index (κ3) is 2.18. The second kappa shape index (κ2) is 4.86. The van der Waals surface area contributed by atoms with E-state index in [4.69, 9.17) is 4.42 Å². The molecule has 5 nitrogen and oxygen atoms in total. The Hall–Kier alpha value is -2.95. The SMILES string of the molecule is c1ccc(Cc2ncc3c(-c4ccco4)[nH]nc3n2)cc1. The average Bonchev–Trinajstić information content (AvgIpc) is 3.16. The van der Waals surface area contributed by atoms with Crippen molar-refractivity contribution in [3.63, 3.8) is 0 Å². The number of nitrogens with zero attached hydrogens (tertiary/aromatic N) is 3. The maximum Gasteiger partial charge on any atom is 0.184 e. The summed E-state index contributed by atoms with van der Waals surface area (Å²) < 4.78 is 5.39. The molecule has 0 aliphatic heterocycles. The highest BCUT2D eigenvalue weighted by atomic mass is 16.3. The number of nitrogens with one attached hydrogen (secondary N) is 1. The molecule has 0 saturated carbocycles. The minimum Gasteiger partial charge on any atom is -0.463 e. The lowest BCUT2D eigenvalue weighted by atomic mass is 10.1. The number of H-pyrrole nitrogens is 1. The number of hydrogen-bond donors (Lipinski definition) is 1. The van der Waals surface area contributed by atoms with Gasteiger partial charge in [0.2, 0.25) is 0 Å². The van der Waals surface area contributed by atoms with Gasteiger partial charge in [-0.15, -0.1) is 0 Å². The molecule has 0 atom stereocenters. The van der Waals surface area contributed by atoms with E-state index < -0.39 is 0 Å². The summed E-state index contributed by atoms with van der Waals surface area (Å²) in [6, 6.07) is 13.9. The Morgan fingerprint density at radius 1 is 1.05 bits per heavy atom. The predicted octanol–water partition coefficient (Wildman–Crippen LogP) is 3.20. The van der Waals surface area contributed by atoms with E-state index in [-0.39, 0.29) is 0 Å². The van der Waals surface area contributed by atoms with Crippen LogP contribution in [-0.2, 0) is 6.42 Å². The van der Waals surface area contributed by atoms with Crippen molar-refractivity contribution in [2.24, 2.45) is 0 Å². The lowest BCUT2D eigenvalue weighted by molar-refractivity contribution is 0.580. The summed E-state index contributed by atoms with van der Waals surface area (Å²) in [6.45, 7) is 0. The zero-order valence-electron chi connectivity index (χ0n) is 11.2. The van der Waals surface area contributed by atoms with E-state index in [1.54, 1.807) is 12.5 Å². The van der Waals surface area contributed by atoms with Gasteiger partial charge in [0.1, 0.15) is 11.5 Å². The molecule has 0 saturated heterocycles. The quantitative estimate of drug-likeness (QED) is 0.624. The van der Waals surface area contributed by atoms with Crippen LogP contribution in [0.2, 0.25) is 0 Å². The van der Waals surface area contributed by atoms with Gasteiger partial charge in [-0.1, -0.05) is 30.3 Å². The summed E-state index contributed by atoms with van der Waals surface area (Å²) in [4.78, 5) is 8.94. The van der Waals surface area contributed by atoms with Gasteiger partial charge in [-0.2, -0.15) is 5.10 Å². The van der Waals surface area contributed by atoms with Crippen molar-refractivity contribution in [1.82, 2.24) is 20.2 Å². The van der Waals surface area contributed by atoms with Gasteiger partial charge in [0.15, 0.2) is 11.4 Å². The summed E-state index contributed by atoms with van der Waals surface area (Å²) in [5.74, 6) is 1.49. The first-order chi connectivity index (χ1) is 10.4. The summed E-state index contributed by atoms with van der Waals surface area (Å²) in [5.41, 5.74) is 2.64. The first-order valence-electron chi connectivity index (χ1n) is 6.68. The van der Waals surface area contributed by atoms with Gasteiger partial charge in [-0.05, 0) is 17.7 Å². The zero-order valence-corrected chi connectivity index (χ0v) is 11.2. The van der Waals surface area contributed by atoms with E-state index in [1.807, 2.05) is 30.3 Å². The fourth-order valence-electron chi connectivity index (χ4n) is 2.31. The van der Waals surface area contributed by atoms with Gasteiger partial charge in [-0.25, -0.2) is 9.97 Å². The molecule has 21 heavy (non-hydrogen) atoms. The molecule has 0 aliphatic carbocycles. The number of rotatable bonds is 3. The molecule has 102 valence electrons. The van der Waals surface area contributed by atoms with Gasteiger partial charge in [0, 0.05) is 12.6 Å². The fraction of sp³-hybridized carbons (Fsp3) is 0.0625. The number of fused-ring (bicyclic) bond motifs is 1. The van der Waals surface area contributed by atoms with Crippen molar-refractivity contribution in [2.45, 2.75) is 6.42 Å². The highest BCUT2D eigenvalue weighted by molar-refractivity contribution is 5.88. The number of benzene rings is 1. The van der Waals surface area contributed by atoms with Gasteiger partial charge in [-0.3, -0.25) is 5.10 Å². The highest BCUT2D eigenvalue weighted by Crippen LogP contribution is 2.25. The smallest absolute Gasteiger partial charge is 0.184 e. The topological polar surface area (TPSA) is 67.6 Å². The van der Waals surface area contributed by atoms with Gasteiger partial charge in [0.25, 0.3) is 0 Å². The van der Waals surface area contributed by atoms with Crippen LogP contribution in [0, 0.1) is 0 Å². The Morgan fingerprint density at radius 2 is 1.95 bits per heavy atom. The maximum atomic E-state index is 5.39. The van der Waals surface area contributed by atoms with Crippen molar-refractivity contribution in [3.05, 3.63) is 66.3 Å². The van der Waals surface area contributed by atoms with Crippen LogP contribution >= 0.6 is 0 Å². The minimum atomic E-state index is 0.655. The largest absolute Gasteiger partial charge is 0.463 e. The second-order valence-corrected chi connectivity index (χ2v) is 4.76. The Kier molecular flexibility index (Phi) is 2.74. The molecule has 1 N–H and O–H groups in total. The third-order valence-corrected chi connectivity index (χ3v) is 3.33. The molecule has 1 aromatic carbocycles. The summed E-state index contributed by atoms with van der Waals surface area (Å²) in [5, 5.41) is 8.06. The molecular formula is C16H12N4O. The Morgan fingerprint density at radius 3 is 2.76 bits per heavy atom. The van der Waals surface area contributed by atoms with E-state index in [0.717, 1.165) is 22.7 Å². The Bertz CT molecular complexity index is 866. The number of aromatic nitrogens is 4. The molecule has 4 rings (SSSR count). The molecule has 4 aromatic rings. The number of furan rings is 1. The van der Waals surface area contributed by atoms with Crippen LogP contribution in [0.3, 0.4) is 0 Å². The molecule has 0 fully saturated rings. The molecule has 5 heteroatoms. The molecule has 3 heterocycles. The first kappa shape index (κ1) is 11.8. The lowest BCUT2D eigenvalue weighted by Gasteiger charge is -2.00. The summed E-state index contributed by atoms with van der Waals surface area (Å²) in [6.07, 6.45) is 4.12. The standard InChI is InChI=1S/C16H12N4O/c1-2-5-11(6-3-1)9-14-17-10-12-15(13-7-4-8-21-13)19-20-16(12)18-14/h1-8,10H,9H2,(H,17,18,19,20). The lowest BCUT2D eigenvalue weighted by Crippen LogP contribution is -1.96. The third-order valence-electron chi connectivity index (χ3n) is 3.33. The molecule has 0 spiro atoms. The molecule has 0 unspecified atom stereocenters. The van der Waals surface area contributed by atoms with Gasteiger partial charge in [0.05, 0.1) is 11.6 Å². The fourth-order valence-corrected chi connectivity index (χ4v) is 2.31. The summed E-state index contributed by atoms with van der Waals surface area (Å²) in [7, 11) is 0. The van der Waals surface area contributed by atoms with Crippen LogP contribution in [0.1, 0.15) is 11.4 Å². The normalized spacial score (nSPS) is 11.0. The molecule has 0 bridgehead atoms. The van der Waals surface area contributed by atoms with E-state index in [1.165, 1.54) is 5.56 Å². The van der Waals surface area contributed by atoms with Crippen LogP contribution in [-0.4, -0.2) is 20.2 Å². The minimum absolute atomic E-state index is 0.655. The Balaban J connectivity index is 1.72. The van der Waals surface area contributed by atoms with Gasteiger partial charge < -0.3 is 4.42 Å². The number of aromatic amines is 1. The van der Waals surface area contributed by atoms with Crippen molar-refractivity contribution >= 4 is 11.0 Å². The molecule has 3 aromatic heterocycles. The maximum absolute atomic E-state index is 5.39. The monoisotopic (exact) mass is 276 g/mol. The molecule has 0 amide bonds. The average molecular weight is 276 g/mol. The van der Waals surface area contributed by atoms with Crippen LogP contribution in [0.5, 0.6) is 0 Å². The predicted molar refractivity (Wildman–Crippen MR) is 78.6 cm³/mol. The van der Waals surface area contributed by atoms with Crippen molar-refractivity contribution in [2.75, 3.05) is 0 Å². The van der Waals surface area contributed by atoms with Crippen LogP contribution < -0.4 is 0 Å². The Labute approximate surface area is 120 Å². The zero-order chi connectivity index (χ0) is 14.1. The van der Waals surface area contributed by atoms with E-state index in [2.05, 4.69) is 32.3 Å². The van der Waals surface area contributed by atoms with Crippen molar-refractivity contribution in [3.8, 4) is 11.5 Å². The summed E-state index contributed by atoms with van der Waals surface area (Å²) >= 11 is 0. The van der Waals surface area contributed by atoms with E-state index in [0.29, 0.717) is 12.1 Å². The second-order valence-electron chi connectivity index (χ2n) is 4.76. The molecule has 0 aliphatic rings. The van der Waals surface area contributed by atoms with Crippen molar-refractivity contribution in [1.29, 1.82) is 0 Å². The van der Waals surface area contributed by atoms with E-state index in [9.17, 15) is 0 Å².